The van der Waals surface area contributed by atoms with Crippen LogP contribution in [0.25, 0.3) is 5.69 Å². The van der Waals surface area contributed by atoms with Crippen LogP contribution in [0.1, 0.15) is 36.8 Å². The van der Waals surface area contributed by atoms with Gasteiger partial charge in [-0.1, -0.05) is 41.6 Å². The molecule has 0 aliphatic heterocycles. The standard InChI is InChI=1S/C22H25ClN4O2S/c1-14-8-10-18(11-9-14)27-20(16(3)24-21(28)15(2)23)25-26-22(27)30-13-17-6-5-7-19(12-17)29-4/h5-12,15-16H,13H2,1-4H3,(H,24,28). The number of halogens is 1. The molecule has 0 spiro atoms. The second kappa shape index (κ2) is 10.00. The highest BCUT2D eigenvalue weighted by Gasteiger charge is 2.22. The highest BCUT2D eigenvalue weighted by atomic mass is 35.5. The van der Waals surface area contributed by atoms with Crippen LogP contribution in [0.5, 0.6) is 5.75 Å². The van der Waals surface area contributed by atoms with Gasteiger partial charge < -0.3 is 10.1 Å². The second-order valence-electron chi connectivity index (χ2n) is 7.00. The van der Waals surface area contributed by atoms with Crippen molar-refractivity contribution in [1.82, 2.24) is 20.1 Å². The fourth-order valence-corrected chi connectivity index (χ4v) is 3.86. The number of nitrogens with one attached hydrogen (secondary N) is 1. The Morgan fingerprint density at radius 1 is 1.20 bits per heavy atom. The molecule has 3 rings (SSSR count). The van der Waals surface area contributed by atoms with E-state index >= 15 is 0 Å². The van der Waals surface area contributed by atoms with Crippen LogP contribution in [-0.4, -0.2) is 33.2 Å². The third-order valence-corrected chi connectivity index (χ3v) is 5.76. The molecule has 2 aromatic carbocycles. The molecule has 6 nitrogen and oxygen atoms in total. The number of amides is 1. The minimum absolute atomic E-state index is 0.242. The van der Waals surface area contributed by atoms with Gasteiger partial charge in [-0.25, -0.2) is 0 Å². The third kappa shape index (κ3) is 5.34. The summed E-state index contributed by atoms with van der Waals surface area (Å²) >= 11 is 7.49. The van der Waals surface area contributed by atoms with E-state index in [0.717, 1.165) is 27.7 Å². The largest absolute Gasteiger partial charge is 0.497 e. The van der Waals surface area contributed by atoms with Gasteiger partial charge in [0.15, 0.2) is 11.0 Å². The Hall–Kier alpha value is -2.51. The SMILES string of the molecule is COc1cccc(CSc2nnc(C(C)NC(=O)C(C)Cl)n2-c2ccc(C)cc2)c1. The number of carbonyl (C=O) groups is 1. The Labute approximate surface area is 186 Å². The molecule has 158 valence electrons. The van der Waals surface area contributed by atoms with Gasteiger partial charge in [0.2, 0.25) is 5.91 Å². The first kappa shape index (κ1) is 22.2. The zero-order valence-corrected chi connectivity index (χ0v) is 19.0. The third-order valence-electron chi connectivity index (χ3n) is 4.56. The van der Waals surface area contributed by atoms with Crippen molar-refractivity contribution in [3.05, 3.63) is 65.5 Å². The van der Waals surface area contributed by atoms with Crippen LogP contribution in [0, 0.1) is 6.92 Å². The Kier molecular flexibility index (Phi) is 7.39. The lowest BCUT2D eigenvalue weighted by molar-refractivity contribution is -0.121. The maximum Gasteiger partial charge on any atom is 0.238 e. The van der Waals surface area contributed by atoms with Gasteiger partial charge in [0, 0.05) is 11.4 Å². The summed E-state index contributed by atoms with van der Waals surface area (Å²) in [4.78, 5) is 12.1. The van der Waals surface area contributed by atoms with Gasteiger partial charge in [-0.05, 0) is 50.6 Å². The molecule has 1 N–H and O–H groups in total. The van der Waals surface area contributed by atoms with Gasteiger partial charge in [-0.2, -0.15) is 0 Å². The molecule has 0 aliphatic rings. The van der Waals surface area contributed by atoms with Crippen molar-refractivity contribution in [3.8, 4) is 11.4 Å². The summed E-state index contributed by atoms with van der Waals surface area (Å²) < 4.78 is 7.29. The smallest absolute Gasteiger partial charge is 0.238 e. The first-order valence-corrected chi connectivity index (χ1v) is 11.0. The van der Waals surface area contributed by atoms with E-state index in [1.165, 1.54) is 0 Å². The van der Waals surface area contributed by atoms with Crippen molar-refractivity contribution >= 4 is 29.3 Å². The van der Waals surface area contributed by atoms with E-state index in [2.05, 4.69) is 15.5 Å². The molecular weight excluding hydrogens is 420 g/mol. The van der Waals surface area contributed by atoms with E-state index in [1.807, 2.05) is 66.9 Å². The summed E-state index contributed by atoms with van der Waals surface area (Å²) in [7, 11) is 1.66. The summed E-state index contributed by atoms with van der Waals surface area (Å²) in [6.45, 7) is 5.56. The van der Waals surface area contributed by atoms with Crippen molar-refractivity contribution in [1.29, 1.82) is 0 Å². The minimum Gasteiger partial charge on any atom is -0.497 e. The number of aromatic nitrogens is 3. The number of methoxy groups -OCH3 is 1. The van der Waals surface area contributed by atoms with Gasteiger partial charge >= 0.3 is 0 Å². The number of aryl methyl sites for hydroxylation is 1. The molecule has 0 fully saturated rings. The highest BCUT2D eigenvalue weighted by Crippen LogP contribution is 2.28. The molecule has 1 heterocycles. The van der Waals surface area contributed by atoms with Gasteiger partial charge in [0.05, 0.1) is 13.2 Å². The van der Waals surface area contributed by atoms with Crippen molar-refractivity contribution in [2.45, 2.75) is 43.1 Å². The minimum atomic E-state index is -0.620. The molecule has 1 amide bonds. The highest BCUT2D eigenvalue weighted by molar-refractivity contribution is 7.98. The molecule has 1 aromatic heterocycles. The van der Waals surface area contributed by atoms with E-state index in [1.54, 1.807) is 25.8 Å². The van der Waals surface area contributed by atoms with E-state index in [-0.39, 0.29) is 11.9 Å². The average molecular weight is 445 g/mol. The van der Waals surface area contributed by atoms with Gasteiger partial charge in [0.25, 0.3) is 0 Å². The molecule has 2 atom stereocenters. The van der Waals surface area contributed by atoms with Crippen molar-refractivity contribution < 1.29 is 9.53 Å². The van der Waals surface area contributed by atoms with E-state index in [0.29, 0.717) is 11.6 Å². The van der Waals surface area contributed by atoms with Crippen molar-refractivity contribution in [2.75, 3.05) is 7.11 Å². The van der Waals surface area contributed by atoms with Crippen LogP contribution in [0.3, 0.4) is 0 Å². The zero-order valence-electron chi connectivity index (χ0n) is 17.4. The fourth-order valence-electron chi connectivity index (χ4n) is 2.89. The van der Waals surface area contributed by atoms with Crippen molar-refractivity contribution in [3.63, 3.8) is 0 Å². The van der Waals surface area contributed by atoms with Crippen LogP contribution in [-0.2, 0) is 10.5 Å². The molecule has 8 heteroatoms. The summed E-state index contributed by atoms with van der Waals surface area (Å²) in [5.41, 5.74) is 3.22. The average Bonchev–Trinajstić information content (AvgIpc) is 3.17. The Balaban J connectivity index is 1.91. The number of rotatable bonds is 8. The number of ether oxygens (including phenoxy) is 1. The lowest BCUT2D eigenvalue weighted by Gasteiger charge is -2.17. The molecule has 0 radical (unpaired) electrons. The first-order chi connectivity index (χ1) is 14.4. The van der Waals surface area contributed by atoms with E-state index in [4.69, 9.17) is 16.3 Å². The summed E-state index contributed by atoms with van der Waals surface area (Å²) in [6.07, 6.45) is 0. The maximum atomic E-state index is 12.1. The Morgan fingerprint density at radius 2 is 1.93 bits per heavy atom. The first-order valence-electron chi connectivity index (χ1n) is 9.61. The molecule has 2 unspecified atom stereocenters. The lowest BCUT2D eigenvalue weighted by atomic mass is 10.2. The fraction of sp³-hybridized carbons (Fsp3) is 0.318. The molecule has 0 saturated carbocycles. The molecule has 0 saturated heterocycles. The Bertz CT molecular complexity index is 1000. The van der Waals surface area contributed by atoms with Crippen LogP contribution in [0.2, 0.25) is 0 Å². The van der Waals surface area contributed by atoms with Gasteiger partial charge in [0.1, 0.15) is 11.1 Å². The number of benzene rings is 2. The predicted molar refractivity (Wildman–Crippen MR) is 121 cm³/mol. The van der Waals surface area contributed by atoms with Gasteiger partial charge in [-0.15, -0.1) is 21.8 Å². The zero-order chi connectivity index (χ0) is 21.7. The summed E-state index contributed by atoms with van der Waals surface area (Å²) in [5.74, 6) is 1.94. The molecule has 0 aliphatic carbocycles. The number of carbonyl (C=O) groups excluding carboxylic acids is 1. The normalized spacial score (nSPS) is 13.0. The van der Waals surface area contributed by atoms with E-state index in [9.17, 15) is 4.79 Å². The predicted octanol–water partition coefficient (Wildman–Crippen LogP) is 4.68. The number of thioether (sulfide) groups is 1. The molecule has 3 aromatic rings. The Morgan fingerprint density at radius 3 is 2.60 bits per heavy atom. The monoisotopic (exact) mass is 444 g/mol. The number of alkyl halides is 1. The van der Waals surface area contributed by atoms with Crippen molar-refractivity contribution in [2.24, 2.45) is 0 Å². The maximum absolute atomic E-state index is 12.1. The number of hydrogen-bond acceptors (Lipinski definition) is 5. The summed E-state index contributed by atoms with van der Waals surface area (Å²) in [5, 5.41) is 11.8. The quantitative estimate of drug-likeness (QED) is 0.403. The topological polar surface area (TPSA) is 69.0 Å². The summed E-state index contributed by atoms with van der Waals surface area (Å²) in [6, 6.07) is 15.7. The van der Waals surface area contributed by atoms with Crippen LogP contribution < -0.4 is 10.1 Å². The number of nitrogens with zero attached hydrogens (tertiary/aromatic N) is 3. The molecule has 30 heavy (non-hydrogen) atoms. The second-order valence-corrected chi connectivity index (χ2v) is 8.60. The van der Waals surface area contributed by atoms with Gasteiger partial charge in [-0.3, -0.25) is 9.36 Å². The van der Waals surface area contributed by atoms with Crippen LogP contribution >= 0.6 is 23.4 Å². The molecular formula is C22H25ClN4O2S. The lowest BCUT2D eigenvalue weighted by Crippen LogP contribution is -2.33. The van der Waals surface area contributed by atoms with E-state index < -0.39 is 5.38 Å². The van der Waals surface area contributed by atoms with Crippen LogP contribution in [0.4, 0.5) is 0 Å². The van der Waals surface area contributed by atoms with Crippen LogP contribution in [0.15, 0.2) is 53.7 Å². The molecule has 0 bridgehead atoms. The number of hydrogen-bond donors (Lipinski definition) is 1.